The van der Waals surface area contributed by atoms with Crippen molar-refractivity contribution >= 4 is 5.84 Å². The number of amidine groups is 1. The highest BCUT2D eigenvalue weighted by atomic mass is 16.5. The van der Waals surface area contributed by atoms with Crippen molar-refractivity contribution in [1.29, 1.82) is 0 Å². The standard InChI is InChI=1S/C8H17N3O2/c1-6(8(9)10-12)11(2)7-3-4-13-5-7/h6-7,12H,3-5H2,1-2H3,(H2,9,10). The molecule has 2 atom stereocenters. The van der Waals surface area contributed by atoms with E-state index in [4.69, 9.17) is 15.7 Å². The van der Waals surface area contributed by atoms with Gasteiger partial charge in [0.15, 0.2) is 5.84 Å². The monoisotopic (exact) mass is 187 g/mol. The van der Waals surface area contributed by atoms with Crippen molar-refractivity contribution in [3.05, 3.63) is 0 Å². The molecule has 0 saturated carbocycles. The Kier molecular flexibility index (Phi) is 3.50. The van der Waals surface area contributed by atoms with Crippen LogP contribution in [0, 0.1) is 0 Å². The minimum atomic E-state index is -0.0447. The normalized spacial score (nSPS) is 26.7. The van der Waals surface area contributed by atoms with Gasteiger partial charge in [-0.1, -0.05) is 5.16 Å². The van der Waals surface area contributed by atoms with Crippen LogP contribution in [0.5, 0.6) is 0 Å². The van der Waals surface area contributed by atoms with Crippen molar-refractivity contribution < 1.29 is 9.94 Å². The molecule has 13 heavy (non-hydrogen) atoms. The predicted octanol–water partition coefficient (Wildman–Crippen LogP) is -0.158. The summed E-state index contributed by atoms with van der Waals surface area (Å²) >= 11 is 0. The van der Waals surface area contributed by atoms with Crippen LogP contribution in [-0.2, 0) is 4.74 Å². The van der Waals surface area contributed by atoms with Gasteiger partial charge in [0.2, 0.25) is 0 Å². The third kappa shape index (κ3) is 2.32. The number of oxime groups is 1. The zero-order valence-corrected chi connectivity index (χ0v) is 8.10. The Bertz CT molecular complexity index is 190. The molecule has 1 heterocycles. The highest BCUT2D eigenvalue weighted by Crippen LogP contribution is 2.13. The maximum atomic E-state index is 8.50. The van der Waals surface area contributed by atoms with Crippen LogP contribution in [0.2, 0.25) is 0 Å². The number of hydrogen-bond donors (Lipinski definition) is 2. The summed E-state index contributed by atoms with van der Waals surface area (Å²) < 4.78 is 5.26. The van der Waals surface area contributed by atoms with Gasteiger partial charge < -0.3 is 15.7 Å². The summed E-state index contributed by atoms with van der Waals surface area (Å²) in [5.74, 6) is 0.245. The molecule has 0 bridgehead atoms. The van der Waals surface area contributed by atoms with E-state index < -0.39 is 0 Å². The Morgan fingerprint density at radius 2 is 2.46 bits per heavy atom. The van der Waals surface area contributed by atoms with Gasteiger partial charge in [0, 0.05) is 12.6 Å². The Hall–Kier alpha value is -0.810. The molecule has 3 N–H and O–H groups in total. The molecule has 2 unspecified atom stereocenters. The van der Waals surface area contributed by atoms with Gasteiger partial charge >= 0.3 is 0 Å². The SMILES string of the molecule is CC(C(N)=NO)N(C)C1CCOC1. The lowest BCUT2D eigenvalue weighted by molar-refractivity contribution is 0.152. The van der Waals surface area contributed by atoms with Gasteiger partial charge in [0.25, 0.3) is 0 Å². The summed E-state index contributed by atoms with van der Waals surface area (Å²) in [6, 6.07) is 0.340. The van der Waals surface area contributed by atoms with E-state index in [0.717, 1.165) is 19.6 Å². The maximum absolute atomic E-state index is 8.50. The first kappa shape index (κ1) is 10.3. The highest BCUT2D eigenvalue weighted by Gasteiger charge is 2.25. The minimum Gasteiger partial charge on any atom is -0.409 e. The lowest BCUT2D eigenvalue weighted by Gasteiger charge is -2.28. The van der Waals surface area contributed by atoms with E-state index in [2.05, 4.69) is 10.1 Å². The molecule has 0 aromatic heterocycles. The van der Waals surface area contributed by atoms with Crippen LogP contribution in [0.4, 0.5) is 0 Å². The molecule has 0 aromatic carbocycles. The van der Waals surface area contributed by atoms with Crippen molar-refractivity contribution in [1.82, 2.24) is 4.90 Å². The second-order valence-corrected chi connectivity index (χ2v) is 3.38. The topological polar surface area (TPSA) is 71.1 Å². The van der Waals surface area contributed by atoms with Gasteiger partial charge in [-0.05, 0) is 20.4 Å². The van der Waals surface area contributed by atoms with E-state index in [0.29, 0.717) is 6.04 Å². The fraction of sp³-hybridized carbons (Fsp3) is 0.875. The molecule has 1 aliphatic heterocycles. The Balaban J connectivity index is 2.50. The van der Waals surface area contributed by atoms with Crippen LogP contribution in [0.25, 0.3) is 0 Å². The van der Waals surface area contributed by atoms with Gasteiger partial charge in [-0.2, -0.15) is 0 Å². The molecule has 5 heteroatoms. The third-order valence-electron chi connectivity index (χ3n) is 2.64. The van der Waals surface area contributed by atoms with Crippen LogP contribution >= 0.6 is 0 Å². The van der Waals surface area contributed by atoms with E-state index in [1.165, 1.54) is 0 Å². The molecular weight excluding hydrogens is 170 g/mol. The second kappa shape index (κ2) is 4.43. The summed E-state index contributed by atoms with van der Waals surface area (Å²) in [4.78, 5) is 2.07. The summed E-state index contributed by atoms with van der Waals surface area (Å²) in [5.41, 5.74) is 5.50. The summed E-state index contributed by atoms with van der Waals surface area (Å²) in [6.45, 7) is 3.45. The second-order valence-electron chi connectivity index (χ2n) is 3.38. The van der Waals surface area contributed by atoms with E-state index in [-0.39, 0.29) is 11.9 Å². The van der Waals surface area contributed by atoms with Crippen molar-refractivity contribution in [2.75, 3.05) is 20.3 Å². The smallest absolute Gasteiger partial charge is 0.156 e. The first-order chi connectivity index (χ1) is 6.16. The Labute approximate surface area is 78.1 Å². The summed E-state index contributed by atoms with van der Waals surface area (Å²) in [6.07, 6.45) is 1.01. The molecule has 1 saturated heterocycles. The van der Waals surface area contributed by atoms with E-state index in [9.17, 15) is 0 Å². The zero-order chi connectivity index (χ0) is 9.84. The van der Waals surface area contributed by atoms with Gasteiger partial charge in [-0.15, -0.1) is 0 Å². The average molecular weight is 187 g/mol. The minimum absolute atomic E-state index is 0.0447. The summed E-state index contributed by atoms with van der Waals surface area (Å²) in [7, 11) is 1.96. The molecular formula is C8H17N3O2. The van der Waals surface area contributed by atoms with Crippen molar-refractivity contribution in [2.45, 2.75) is 25.4 Å². The molecule has 0 spiro atoms. The zero-order valence-electron chi connectivity index (χ0n) is 8.10. The van der Waals surface area contributed by atoms with Gasteiger partial charge in [0.1, 0.15) is 0 Å². The summed E-state index contributed by atoms with van der Waals surface area (Å²) in [5, 5.41) is 11.5. The van der Waals surface area contributed by atoms with Crippen LogP contribution in [0.15, 0.2) is 5.16 Å². The first-order valence-electron chi connectivity index (χ1n) is 4.44. The highest BCUT2D eigenvalue weighted by molar-refractivity contribution is 5.84. The Morgan fingerprint density at radius 1 is 1.77 bits per heavy atom. The lowest BCUT2D eigenvalue weighted by Crippen LogP contribution is -2.46. The number of hydrogen-bond acceptors (Lipinski definition) is 4. The molecule has 5 nitrogen and oxygen atoms in total. The van der Waals surface area contributed by atoms with Gasteiger partial charge in [-0.3, -0.25) is 4.90 Å². The Morgan fingerprint density at radius 3 is 2.92 bits per heavy atom. The van der Waals surface area contributed by atoms with Crippen LogP contribution in [-0.4, -0.2) is 48.3 Å². The van der Waals surface area contributed by atoms with E-state index in [1.807, 2.05) is 14.0 Å². The number of rotatable bonds is 3. The third-order valence-corrected chi connectivity index (χ3v) is 2.64. The molecule has 1 rings (SSSR count). The molecule has 0 aliphatic carbocycles. The van der Waals surface area contributed by atoms with E-state index in [1.54, 1.807) is 0 Å². The van der Waals surface area contributed by atoms with Gasteiger partial charge in [-0.25, -0.2) is 0 Å². The van der Waals surface area contributed by atoms with Crippen LogP contribution < -0.4 is 5.73 Å². The largest absolute Gasteiger partial charge is 0.409 e. The van der Waals surface area contributed by atoms with E-state index >= 15 is 0 Å². The number of ether oxygens (including phenoxy) is 1. The molecule has 1 aliphatic rings. The van der Waals surface area contributed by atoms with Gasteiger partial charge in [0.05, 0.1) is 12.6 Å². The van der Waals surface area contributed by atoms with Crippen LogP contribution in [0.1, 0.15) is 13.3 Å². The number of likely N-dealkylation sites (N-methyl/N-ethyl adjacent to an activating group) is 1. The first-order valence-corrected chi connectivity index (χ1v) is 4.44. The molecule has 0 radical (unpaired) electrons. The fourth-order valence-corrected chi connectivity index (χ4v) is 1.45. The molecule has 0 aromatic rings. The molecule has 76 valence electrons. The van der Waals surface area contributed by atoms with Crippen molar-refractivity contribution in [2.24, 2.45) is 10.9 Å². The lowest BCUT2D eigenvalue weighted by atomic mass is 10.2. The maximum Gasteiger partial charge on any atom is 0.156 e. The molecule has 0 amide bonds. The molecule has 1 fully saturated rings. The number of nitrogens with zero attached hydrogens (tertiary/aromatic N) is 2. The fourth-order valence-electron chi connectivity index (χ4n) is 1.45. The quantitative estimate of drug-likeness (QED) is 0.279. The predicted molar refractivity (Wildman–Crippen MR) is 49.9 cm³/mol. The van der Waals surface area contributed by atoms with Crippen molar-refractivity contribution in [3.8, 4) is 0 Å². The number of nitrogens with two attached hydrogens (primary N) is 1. The van der Waals surface area contributed by atoms with Crippen molar-refractivity contribution in [3.63, 3.8) is 0 Å². The average Bonchev–Trinajstić information content (AvgIpc) is 2.67. The van der Waals surface area contributed by atoms with Crippen LogP contribution in [0.3, 0.4) is 0 Å².